The maximum absolute atomic E-state index is 8.62. The molecule has 0 unspecified atom stereocenters. The summed E-state index contributed by atoms with van der Waals surface area (Å²) in [6.45, 7) is 0.654. The third-order valence-electron chi connectivity index (χ3n) is 2.99. The van der Waals surface area contributed by atoms with Gasteiger partial charge >= 0.3 is 0 Å². The maximum Gasteiger partial charge on any atom is 0.166 e. The molecule has 0 aromatic rings. The Kier molecular flexibility index (Phi) is 3.03. The van der Waals surface area contributed by atoms with Crippen molar-refractivity contribution in [2.75, 3.05) is 13.2 Å². The first kappa shape index (κ1) is 9.93. The van der Waals surface area contributed by atoms with E-state index in [0.29, 0.717) is 23.6 Å². The minimum Gasteiger partial charge on any atom is -0.395 e. The monoisotopic (exact) mass is 212 g/mol. The fourth-order valence-corrected chi connectivity index (χ4v) is 2.59. The van der Waals surface area contributed by atoms with Crippen LogP contribution in [0.4, 0.5) is 0 Å². The van der Waals surface area contributed by atoms with E-state index in [1.165, 1.54) is 12.8 Å². The summed E-state index contributed by atoms with van der Waals surface area (Å²) in [6.07, 6.45) is 7.08. The third kappa shape index (κ3) is 2.07. The molecule has 2 aliphatic carbocycles. The molecule has 0 amide bonds. The second-order valence-electron chi connectivity index (χ2n) is 4.01. The molecule has 0 aromatic carbocycles. The van der Waals surface area contributed by atoms with E-state index in [9.17, 15) is 0 Å². The molecule has 3 nitrogen and oxygen atoms in total. The Labute approximate surface area is 89.6 Å². The van der Waals surface area contributed by atoms with Gasteiger partial charge in [0, 0.05) is 12.6 Å². The number of aliphatic hydroxyl groups excluding tert-OH is 1. The van der Waals surface area contributed by atoms with E-state index < -0.39 is 0 Å². The van der Waals surface area contributed by atoms with Crippen molar-refractivity contribution in [3.8, 4) is 0 Å². The number of fused-ring (bicyclic) bond motifs is 2. The number of allylic oxidation sites excluding steroid dienone is 1. The summed E-state index contributed by atoms with van der Waals surface area (Å²) in [7, 11) is 0. The van der Waals surface area contributed by atoms with Crippen LogP contribution in [0.1, 0.15) is 12.8 Å². The zero-order chi connectivity index (χ0) is 9.97. The molecule has 3 atom stereocenters. The van der Waals surface area contributed by atoms with Crippen LogP contribution in [0.2, 0.25) is 0 Å². The Morgan fingerprint density at radius 1 is 1.43 bits per heavy atom. The number of hydrogen-bond acceptors (Lipinski definition) is 2. The Morgan fingerprint density at radius 3 is 2.86 bits per heavy atom. The average Bonchev–Trinajstić information content (AvgIpc) is 2.76. The minimum atomic E-state index is 0.123. The SMILES string of the molecule is OCCNC(=S)N[C@@H]1C[C@@H]2C=C[C@H]1C2. The summed E-state index contributed by atoms with van der Waals surface area (Å²) in [4.78, 5) is 0. The van der Waals surface area contributed by atoms with Gasteiger partial charge in [-0.2, -0.15) is 0 Å². The summed E-state index contributed by atoms with van der Waals surface area (Å²) in [6, 6.07) is 0.503. The molecule has 0 radical (unpaired) electrons. The van der Waals surface area contributed by atoms with Gasteiger partial charge in [-0.3, -0.25) is 0 Å². The molecule has 0 heterocycles. The van der Waals surface area contributed by atoms with E-state index >= 15 is 0 Å². The number of rotatable bonds is 3. The van der Waals surface area contributed by atoms with Gasteiger partial charge in [0.1, 0.15) is 0 Å². The van der Waals surface area contributed by atoms with Gasteiger partial charge in [0.25, 0.3) is 0 Å². The van der Waals surface area contributed by atoms with Crippen molar-refractivity contribution in [1.82, 2.24) is 10.6 Å². The number of nitrogens with one attached hydrogen (secondary N) is 2. The zero-order valence-electron chi connectivity index (χ0n) is 8.07. The predicted molar refractivity (Wildman–Crippen MR) is 60.0 cm³/mol. The minimum absolute atomic E-state index is 0.123. The molecule has 2 bridgehead atoms. The lowest BCUT2D eigenvalue weighted by Crippen LogP contribution is -2.44. The van der Waals surface area contributed by atoms with Gasteiger partial charge in [-0.25, -0.2) is 0 Å². The third-order valence-corrected chi connectivity index (χ3v) is 3.25. The number of aliphatic hydroxyl groups is 1. The van der Waals surface area contributed by atoms with Crippen molar-refractivity contribution in [3.63, 3.8) is 0 Å². The van der Waals surface area contributed by atoms with Crippen LogP contribution in [0.25, 0.3) is 0 Å². The van der Waals surface area contributed by atoms with E-state index in [2.05, 4.69) is 22.8 Å². The van der Waals surface area contributed by atoms with E-state index in [1.807, 2.05) is 0 Å². The first-order chi connectivity index (χ1) is 6.79. The fourth-order valence-electron chi connectivity index (χ4n) is 2.34. The van der Waals surface area contributed by atoms with Crippen molar-refractivity contribution < 1.29 is 5.11 Å². The highest BCUT2D eigenvalue weighted by molar-refractivity contribution is 7.80. The molecular formula is C10H16N2OS. The van der Waals surface area contributed by atoms with Gasteiger partial charge in [0.05, 0.1) is 6.61 Å². The molecule has 1 fully saturated rings. The van der Waals surface area contributed by atoms with Crippen molar-refractivity contribution in [2.24, 2.45) is 11.8 Å². The van der Waals surface area contributed by atoms with Crippen LogP contribution < -0.4 is 10.6 Å². The van der Waals surface area contributed by atoms with Crippen LogP contribution in [0.15, 0.2) is 12.2 Å². The predicted octanol–water partition coefficient (Wildman–Crippen LogP) is 0.407. The van der Waals surface area contributed by atoms with E-state index in [-0.39, 0.29) is 6.61 Å². The lowest BCUT2D eigenvalue weighted by Gasteiger charge is -2.21. The van der Waals surface area contributed by atoms with Crippen molar-refractivity contribution in [3.05, 3.63) is 12.2 Å². The topological polar surface area (TPSA) is 44.3 Å². The lowest BCUT2D eigenvalue weighted by molar-refractivity contribution is 0.300. The zero-order valence-corrected chi connectivity index (χ0v) is 8.89. The molecule has 0 aromatic heterocycles. The molecule has 0 spiro atoms. The second kappa shape index (κ2) is 4.28. The Balaban J connectivity index is 1.76. The molecular weight excluding hydrogens is 196 g/mol. The van der Waals surface area contributed by atoms with Gasteiger partial charge in [0.2, 0.25) is 0 Å². The Morgan fingerprint density at radius 2 is 2.29 bits per heavy atom. The molecule has 2 rings (SSSR count). The smallest absolute Gasteiger partial charge is 0.166 e. The van der Waals surface area contributed by atoms with Gasteiger partial charge in [-0.05, 0) is 36.9 Å². The average molecular weight is 212 g/mol. The molecule has 14 heavy (non-hydrogen) atoms. The van der Waals surface area contributed by atoms with Gasteiger partial charge in [0.15, 0.2) is 5.11 Å². The summed E-state index contributed by atoms with van der Waals surface area (Å²) in [5.74, 6) is 1.42. The van der Waals surface area contributed by atoms with Gasteiger partial charge < -0.3 is 15.7 Å². The van der Waals surface area contributed by atoms with Crippen LogP contribution in [-0.2, 0) is 0 Å². The molecule has 0 aliphatic heterocycles. The van der Waals surface area contributed by atoms with Crippen LogP contribution >= 0.6 is 12.2 Å². The van der Waals surface area contributed by atoms with E-state index in [0.717, 1.165) is 5.92 Å². The van der Waals surface area contributed by atoms with Gasteiger partial charge in [-0.1, -0.05) is 12.2 Å². The normalized spacial score (nSPS) is 33.4. The molecule has 4 heteroatoms. The van der Waals surface area contributed by atoms with Gasteiger partial charge in [-0.15, -0.1) is 0 Å². The van der Waals surface area contributed by atoms with Crippen LogP contribution in [0.5, 0.6) is 0 Å². The second-order valence-corrected chi connectivity index (χ2v) is 4.42. The highest BCUT2D eigenvalue weighted by Gasteiger charge is 2.35. The van der Waals surface area contributed by atoms with Crippen LogP contribution in [0, 0.1) is 11.8 Å². The maximum atomic E-state index is 8.62. The summed E-state index contributed by atoms with van der Waals surface area (Å²) >= 11 is 5.11. The first-order valence-electron chi connectivity index (χ1n) is 5.13. The summed E-state index contributed by atoms with van der Waals surface area (Å²) < 4.78 is 0. The fraction of sp³-hybridized carbons (Fsp3) is 0.700. The number of thiocarbonyl (C=S) groups is 1. The number of hydrogen-bond donors (Lipinski definition) is 3. The first-order valence-corrected chi connectivity index (χ1v) is 5.54. The molecule has 78 valence electrons. The van der Waals surface area contributed by atoms with E-state index in [1.54, 1.807) is 0 Å². The summed E-state index contributed by atoms with van der Waals surface area (Å²) in [5.41, 5.74) is 0. The largest absolute Gasteiger partial charge is 0.395 e. The van der Waals surface area contributed by atoms with Crippen molar-refractivity contribution >= 4 is 17.3 Å². The Bertz CT molecular complexity index is 255. The van der Waals surface area contributed by atoms with Crippen LogP contribution in [0.3, 0.4) is 0 Å². The molecule has 1 saturated carbocycles. The standard InChI is InChI=1S/C10H16N2OS/c13-4-3-11-10(14)12-9-6-7-1-2-8(9)5-7/h1-2,7-9,13H,3-6H2,(H2,11,12,14)/t7-,8+,9-/m1/s1. The molecule has 2 aliphatic rings. The molecule has 3 N–H and O–H groups in total. The highest BCUT2D eigenvalue weighted by Crippen LogP contribution is 2.38. The Hall–Kier alpha value is -0.610. The molecule has 0 saturated heterocycles. The lowest BCUT2D eigenvalue weighted by atomic mass is 10.0. The summed E-state index contributed by atoms with van der Waals surface area (Å²) in [5, 5.41) is 15.6. The van der Waals surface area contributed by atoms with Crippen LogP contribution in [-0.4, -0.2) is 29.4 Å². The highest BCUT2D eigenvalue weighted by atomic mass is 32.1. The van der Waals surface area contributed by atoms with Crippen molar-refractivity contribution in [2.45, 2.75) is 18.9 Å². The van der Waals surface area contributed by atoms with Crippen molar-refractivity contribution in [1.29, 1.82) is 0 Å². The van der Waals surface area contributed by atoms with E-state index in [4.69, 9.17) is 17.3 Å². The quantitative estimate of drug-likeness (QED) is 0.468.